The molecular formula is C20H29BrN2O4. The summed E-state index contributed by atoms with van der Waals surface area (Å²) in [6, 6.07) is 6.99. The summed E-state index contributed by atoms with van der Waals surface area (Å²) in [5.41, 5.74) is -1.31. The molecule has 150 valence electrons. The van der Waals surface area contributed by atoms with Crippen LogP contribution in [0.2, 0.25) is 0 Å². The van der Waals surface area contributed by atoms with Gasteiger partial charge in [-0.1, -0.05) is 69.6 Å². The third-order valence-electron chi connectivity index (χ3n) is 5.42. The van der Waals surface area contributed by atoms with E-state index >= 15 is 0 Å². The van der Waals surface area contributed by atoms with E-state index in [1.54, 1.807) is 0 Å². The minimum atomic E-state index is -1.05. The average Bonchev–Trinajstić information content (AvgIpc) is 2.51. The van der Waals surface area contributed by atoms with Gasteiger partial charge in [0.2, 0.25) is 0 Å². The van der Waals surface area contributed by atoms with Gasteiger partial charge in [0.1, 0.15) is 0 Å². The molecule has 1 unspecified atom stereocenters. The van der Waals surface area contributed by atoms with E-state index in [0.29, 0.717) is 0 Å². The monoisotopic (exact) mass is 440 g/mol. The zero-order valence-corrected chi connectivity index (χ0v) is 18.4. The zero-order chi connectivity index (χ0) is 20.8. The second kappa shape index (κ2) is 7.00. The first-order chi connectivity index (χ1) is 12.2. The maximum absolute atomic E-state index is 12.4. The van der Waals surface area contributed by atoms with E-state index in [1.807, 2.05) is 65.8 Å². The van der Waals surface area contributed by atoms with Crippen molar-refractivity contribution in [2.75, 3.05) is 13.1 Å². The van der Waals surface area contributed by atoms with E-state index < -0.39 is 34.6 Å². The minimum absolute atomic E-state index is 0.127. The summed E-state index contributed by atoms with van der Waals surface area (Å²) in [6.45, 7) is 12.1. The number of piperazine rings is 1. The molecule has 0 saturated carbocycles. The number of carbonyl (C=O) groups is 2. The van der Waals surface area contributed by atoms with Gasteiger partial charge in [0.15, 0.2) is 0 Å². The molecule has 6 nitrogen and oxygen atoms in total. The summed E-state index contributed by atoms with van der Waals surface area (Å²) < 4.78 is 0.885. The summed E-state index contributed by atoms with van der Waals surface area (Å²) in [7, 11) is 0. The Bertz CT molecular complexity index is 721. The van der Waals surface area contributed by atoms with Gasteiger partial charge in [-0.3, -0.25) is 4.90 Å². The average molecular weight is 441 g/mol. The SMILES string of the molecule is CC(C)(C)C1N(C(=O)O)CCN(C(=O)O)[C@]1(c1ccc(Br)cc1)C(C)(C)C. The van der Waals surface area contributed by atoms with Crippen LogP contribution in [0.1, 0.15) is 47.1 Å². The lowest BCUT2D eigenvalue weighted by Crippen LogP contribution is -2.75. The first-order valence-corrected chi connectivity index (χ1v) is 9.80. The molecule has 7 heteroatoms. The quantitative estimate of drug-likeness (QED) is 0.637. The molecule has 1 aliphatic heterocycles. The molecule has 2 rings (SSSR count). The summed E-state index contributed by atoms with van der Waals surface area (Å²) in [6.07, 6.45) is -2.06. The van der Waals surface area contributed by atoms with Crippen molar-refractivity contribution in [2.24, 2.45) is 10.8 Å². The van der Waals surface area contributed by atoms with Crippen molar-refractivity contribution >= 4 is 28.1 Å². The molecule has 2 atom stereocenters. The molecule has 0 bridgehead atoms. The Morgan fingerprint density at radius 1 is 1.00 bits per heavy atom. The van der Waals surface area contributed by atoms with Crippen LogP contribution in [-0.2, 0) is 5.54 Å². The van der Waals surface area contributed by atoms with Gasteiger partial charge in [-0.05, 0) is 28.5 Å². The summed E-state index contributed by atoms with van der Waals surface area (Å²) in [4.78, 5) is 27.4. The Kier molecular flexibility index (Phi) is 5.59. The van der Waals surface area contributed by atoms with Gasteiger partial charge in [-0.25, -0.2) is 9.59 Å². The van der Waals surface area contributed by atoms with Gasteiger partial charge in [0, 0.05) is 17.6 Å². The summed E-state index contributed by atoms with van der Waals surface area (Å²) in [5, 5.41) is 20.1. The van der Waals surface area contributed by atoms with Crippen LogP contribution in [0.3, 0.4) is 0 Å². The Labute approximate surface area is 169 Å². The maximum Gasteiger partial charge on any atom is 0.408 e. The maximum atomic E-state index is 12.4. The molecule has 27 heavy (non-hydrogen) atoms. The molecule has 1 aromatic carbocycles. The zero-order valence-electron chi connectivity index (χ0n) is 16.8. The highest BCUT2D eigenvalue weighted by Crippen LogP contribution is 2.54. The first kappa shape index (κ1) is 21.5. The van der Waals surface area contributed by atoms with Crippen molar-refractivity contribution in [1.29, 1.82) is 0 Å². The van der Waals surface area contributed by atoms with Crippen molar-refractivity contribution in [1.82, 2.24) is 9.80 Å². The van der Waals surface area contributed by atoms with E-state index in [2.05, 4.69) is 15.9 Å². The van der Waals surface area contributed by atoms with Crippen molar-refractivity contribution < 1.29 is 19.8 Å². The van der Waals surface area contributed by atoms with Gasteiger partial charge in [0.05, 0.1) is 11.6 Å². The fourth-order valence-electron chi connectivity index (χ4n) is 4.70. The Hall–Kier alpha value is -1.76. The molecular weight excluding hydrogens is 412 g/mol. The lowest BCUT2D eigenvalue weighted by atomic mass is 9.57. The Balaban J connectivity index is 2.94. The lowest BCUT2D eigenvalue weighted by molar-refractivity contribution is -0.126. The molecule has 0 radical (unpaired) electrons. The van der Waals surface area contributed by atoms with E-state index in [0.717, 1.165) is 10.0 Å². The van der Waals surface area contributed by atoms with Crippen molar-refractivity contribution in [2.45, 2.75) is 53.1 Å². The third kappa shape index (κ3) is 3.53. The largest absolute Gasteiger partial charge is 0.465 e. The molecule has 0 spiro atoms. The summed E-state index contributed by atoms with van der Waals surface area (Å²) >= 11 is 3.44. The number of amides is 2. The van der Waals surface area contributed by atoms with Gasteiger partial charge >= 0.3 is 12.2 Å². The molecule has 1 aromatic rings. The van der Waals surface area contributed by atoms with Crippen LogP contribution in [0.25, 0.3) is 0 Å². The van der Waals surface area contributed by atoms with E-state index in [1.165, 1.54) is 9.80 Å². The van der Waals surface area contributed by atoms with Crippen molar-refractivity contribution in [3.63, 3.8) is 0 Å². The smallest absolute Gasteiger partial charge is 0.408 e. The predicted octanol–water partition coefficient (Wildman–Crippen LogP) is 5.08. The number of halogens is 1. The third-order valence-corrected chi connectivity index (χ3v) is 5.95. The normalized spacial score (nSPS) is 24.0. The van der Waals surface area contributed by atoms with Crippen molar-refractivity contribution in [3.8, 4) is 0 Å². The van der Waals surface area contributed by atoms with Gasteiger partial charge in [-0.15, -0.1) is 0 Å². The molecule has 0 aliphatic carbocycles. The molecule has 2 N–H and O–H groups in total. The van der Waals surface area contributed by atoms with Crippen LogP contribution >= 0.6 is 15.9 Å². The van der Waals surface area contributed by atoms with Crippen LogP contribution in [0.15, 0.2) is 28.7 Å². The Morgan fingerprint density at radius 3 is 1.89 bits per heavy atom. The van der Waals surface area contributed by atoms with Gasteiger partial charge < -0.3 is 15.1 Å². The number of hydrogen-bond donors (Lipinski definition) is 2. The number of hydrogen-bond acceptors (Lipinski definition) is 2. The molecule has 0 aromatic heterocycles. The van der Waals surface area contributed by atoms with Crippen LogP contribution in [0.5, 0.6) is 0 Å². The molecule has 1 fully saturated rings. The van der Waals surface area contributed by atoms with E-state index in [-0.39, 0.29) is 13.1 Å². The highest BCUT2D eigenvalue weighted by Gasteiger charge is 2.63. The second-order valence-corrected chi connectivity index (χ2v) is 10.1. The van der Waals surface area contributed by atoms with E-state index in [9.17, 15) is 19.8 Å². The number of benzene rings is 1. The number of nitrogens with zero attached hydrogens (tertiary/aromatic N) is 2. The molecule has 1 aliphatic rings. The predicted molar refractivity (Wildman–Crippen MR) is 108 cm³/mol. The molecule has 1 heterocycles. The van der Waals surface area contributed by atoms with Gasteiger partial charge in [0.25, 0.3) is 0 Å². The minimum Gasteiger partial charge on any atom is -0.465 e. The van der Waals surface area contributed by atoms with Crippen molar-refractivity contribution in [3.05, 3.63) is 34.3 Å². The topological polar surface area (TPSA) is 81.1 Å². The fourth-order valence-corrected chi connectivity index (χ4v) is 4.96. The first-order valence-electron chi connectivity index (χ1n) is 9.00. The summed E-state index contributed by atoms with van der Waals surface area (Å²) in [5.74, 6) is 0. The number of rotatable bonds is 1. The highest BCUT2D eigenvalue weighted by atomic mass is 79.9. The fraction of sp³-hybridized carbons (Fsp3) is 0.600. The highest BCUT2D eigenvalue weighted by molar-refractivity contribution is 9.10. The Morgan fingerprint density at radius 2 is 1.52 bits per heavy atom. The standard InChI is InChI=1S/C20H29BrN2O4/c1-18(2,3)15-20(19(4,5)6,13-7-9-14(21)10-8-13)23(17(26)27)12-11-22(15)16(24)25/h7-10,15H,11-12H2,1-6H3,(H,24,25)(H,26,27)/t15?,20-/m0/s1. The van der Waals surface area contributed by atoms with Crippen LogP contribution < -0.4 is 0 Å². The number of carboxylic acid groups (broad SMARTS) is 2. The second-order valence-electron chi connectivity index (χ2n) is 9.20. The van der Waals surface area contributed by atoms with Gasteiger partial charge in [-0.2, -0.15) is 0 Å². The van der Waals surface area contributed by atoms with Crippen LogP contribution in [0.4, 0.5) is 9.59 Å². The van der Waals surface area contributed by atoms with Crippen LogP contribution in [-0.4, -0.2) is 51.3 Å². The molecule has 2 amide bonds. The van der Waals surface area contributed by atoms with Crippen LogP contribution in [0, 0.1) is 10.8 Å². The molecule has 1 saturated heterocycles. The lowest BCUT2D eigenvalue weighted by Gasteiger charge is -2.63. The van der Waals surface area contributed by atoms with E-state index in [4.69, 9.17) is 0 Å².